The van der Waals surface area contributed by atoms with Gasteiger partial charge in [0, 0.05) is 13.1 Å². The second kappa shape index (κ2) is 6.96. The van der Waals surface area contributed by atoms with Crippen molar-refractivity contribution in [2.24, 2.45) is 11.7 Å². The summed E-state index contributed by atoms with van der Waals surface area (Å²) in [6, 6.07) is 4.67. The van der Waals surface area contributed by atoms with Gasteiger partial charge in [-0.1, -0.05) is 6.07 Å². The third-order valence-corrected chi connectivity index (χ3v) is 2.70. The molecule has 3 N–H and O–H groups in total. The molecule has 0 spiro atoms. The van der Waals surface area contributed by atoms with E-state index in [0.717, 1.165) is 5.56 Å². The van der Waals surface area contributed by atoms with E-state index in [1.54, 1.807) is 12.1 Å². The van der Waals surface area contributed by atoms with Crippen molar-refractivity contribution in [1.29, 1.82) is 0 Å². The summed E-state index contributed by atoms with van der Waals surface area (Å²) in [6.45, 7) is 2.64. The number of ether oxygens (including phenoxy) is 1. The molecule has 5 heteroatoms. The third-order valence-electron chi connectivity index (χ3n) is 2.70. The maximum atomic E-state index is 13.5. The van der Waals surface area contributed by atoms with Crippen LogP contribution in [0.3, 0.4) is 0 Å². The minimum Gasteiger partial charge on any atom is -0.494 e. The van der Waals surface area contributed by atoms with Crippen LogP contribution in [0, 0.1) is 11.7 Å². The summed E-state index contributed by atoms with van der Waals surface area (Å²) in [7, 11) is 1.41. The van der Waals surface area contributed by atoms with Crippen molar-refractivity contribution in [2.75, 3.05) is 20.2 Å². The average Bonchev–Trinajstić information content (AvgIpc) is 2.36. The van der Waals surface area contributed by atoms with Crippen molar-refractivity contribution in [3.63, 3.8) is 0 Å². The summed E-state index contributed by atoms with van der Waals surface area (Å²) in [5.41, 5.74) is 6.30. The first-order valence-corrected chi connectivity index (χ1v) is 5.92. The molecule has 1 rings (SSSR count). The number of methoxy groups -OCH3 is 1. The predicted octanol–water partition coefficient (Wildman–Crippen LogP) is 1.09. The van der Waals surface area contributed by atoms with Crippen molar-refractivity contribution >= 4 is 5.91 Å². The number of nitrogens with one attached hydrogen (secondary N) is 1. The second-order valence-corrected chi connectivity index (χ2v) is 4.00. The average molecular weight is 254 g/mol. The normalized spacial score (nSPS) is 12.0. The fourth-order valence-corrected chi connectivity index (χ4v) is 1.72. The molecule has 100 valence electrons. The maximum absolute atomic E-state index is 13.5. The first-order chi connectivity index (χ1) is 8.62. The van der Waals surface area contributed by atoms with Gasteiger partial charge < -0.3 is 15.8 Å². The molecule has 1 amide bonds. The van der Waals surface area contributed by atoms with E-state index >= 15 is 0 Å². The van der Waals surface area contributed by atoms with Crippen LogP contribution in [0.2, 0.25) is 0 Å². The SMILES string of the molecule is CCNC(=O)C(CN)Cc1ccc(OC)c(F)c1. The zero-order valence-corrected chi connectivity index (χ0v) is 10.7. The van der Waals surface area contributed by atoms with Gasteiger partial charge in [-0.15, -0.1) is 0 Å². The molecule has 0 saturated carbocycles. The highest BCUT2D eigenvalue weighted by Crippen LogP contribution is 2.19. The van der Waals surface area contributed by atoms with Gasteiger partial charge in [0.15, 0.2) is 11.6 Å². The van der Waals surface area contributed by atoms with Gasteiger partial charge in [0.05, 0.1) is 13.0 Å². The van der Waals surface area contributed by atoms with Crippen LogP contribution in [-0.2, 0) is 11.2 Å². The zero-order valence-electron chi connectivity index (χ0n) is 10.7. The number of carbonyl (C=O) groups excluding carboxylic acids is 1. The lowest BCUT2D eigenvalue weighted by Gasteiger charge is -2.14. The van der Waals surface area contributed by atoms with Crippen LogP contribution in [0.25, 0.3) is 0 Å². The molecule has 1 aromatic carbocycles. The van der Waals surface area contributed by atoms with Crippen LogP contribution in [-0.4, -0.2) is 26.1 Å². The Morgan fingerprint density at radius 3 is 2.78 bits per heavy atom. The zero-order chi connectivity index (χ0) is 13.5. The number of hydrogen-bond donors (Lipinski definition) is 2. The molecule has 4 nitrogen and oxygen atoms in total. The molecular formula is C13H19FN2O2. The Balaban J connectivity index is 2.76. The highest BCUT2D eigenvalue weighted by atomic mass is 19.1. The molecule has 0 radical (unpaired) electrons. The molecule has 0 bridgehead atoms. The summed E-state index contributed by atoms with van der Waals surface area (Å²) < 4.78 is 18.3. The number of carbonyl (C=O) groups is 1. The first-order valence-electron chi connectivity index (χ1n) is 5.92. The summed E-state index contributed by atoms with van der Waals surface area (Å²) in [5, 5.41) is 2.72. The van der Waals surface area contributed by atoms with Crippen molar-refractivity contribution in [1.82, 2.24) is 5.32 Å². The number of halogens is 1. The number of nitrogens with two attached hydrogens (primary N) is 1. The largest absolute Gasteiger partial charge is 0.494 e. The van der Waals surface area contributed by atoms with Crippen molar-refractivity contribution in [2.45, 2.75) is 13.3 Å². The lowest BCUT2D eigenvalue weighted by Crippen LogP contribution is -2.36. The second-order valence-electron chi connectivity index (χ2n) is 4.00. The van der Waals surface area contributed by atoms with Crippen molar-refractivity contribution < 1.29 is 13.9 Å². The summed E-state index contributed by atoms with van der Waals surface area (Å²) in [5.74, 6) is -0.670. The highest BCUT2D eigenvalue weighted by molar-refractivity contribution is 5.79. The molecule has 0 fully saturated rings. The molecule has 0 heterocycles. The Morgan fingerprint density at radius 2 is 2.28 bits per heavy atom. The van der Waals surface area contributed by atoms with Crippen LogP contribution in [0.4, 0.5) is 4.39 Å². The summed E-state index contributed by atoms with van der Waals surface area (Å²) in [6.07, 6.45) is 0.420. The Kier molecular flexibility index (Phi) is 5.58. The fourth-order valence-electron chi connectivity index (χ4n) is 1.72. The van der Waals surface area contributed by atoms with E-state index in [1.165, 1.54) is 13.2 Å². The van der Waals surface area contributed by atoms with E-state index in [9.17, 15) is 9.18 Å². The molecule has 0 aromatic heterocycles. The van der Waals surface area contributed by atoms with E-state index in [1.807, 2.05) is 6.92 Å². The van der Waals surface area contributed by atoms with Crippen LogP contribution in [0.15, 0.2) is 18.2 Å². The molecule has 0 aliphatic carbocycles. The minimum absolute atomic E-state index is 0.101. The van der Waals surface area contributed by atoms with Crippen LogP contribution in [0.1, 0.15) is 12.5 Å². The van der Waals surface area contributed by atoms with E-state index < -0.39 is 5.82 Å². The Labute approximate surface area is 106 Å². The molecule has 0 saturated heterocycles. The Hall–Kier alpha value is -1.62. The van der Waals surface area contributed by atoms with Gasteiger partial charge in [0.1, 0.15) is 0 Å². The topological polar surface area (TPSA) is 64.4 Å². The van der Waals surface area contributed by atoms with E-state index in [4.69, 9.17) is 10.5 Å². The highest BCUT2D eigenvalue weighted by Gasteiger charge is 2.17. The lowest BCUT2D eigenvalue weighted by molar-refractivity contribution is -0.124. The Bertz CT molecular complexity index is 410. The minimum atomic E-state index is -0.429. The fraction of sp³-hybridized carbons (Fsp3) is 0.462. The Morgan fingerprint density at radius 1 is 1.56 bits per heavy atom. The van der Waals surface area contributed by atoms with Gasteiger partial charge in [-0.3, -0.25) is 4.79 Å². The van der Waals surface area contributed by atoms with Gasteiger partial charge in [-0.25, -0.2) is 4.39 Å². The molecular weight excluding hydrogens is 235 g/mol. The van der Waals surface area contributed by atoms with E-state index in [0.29, 0.717) is 13.0 Å². The van der Waals surface area contributed by atoms with Crippen LogP contribution >= 0.6 is 0 Å². The standard InChI is InChI=1S/C13H19FN2O2/c1-3-16-13(17)10(8-15)6-9-4-5-12(18-2)11(14)7-9/h4-5,7,10H,3,6,8,15H2,1-2H3,(H,16,17). The number of amides is 1. The quantitative estimate of drug-likeness (QED) is 0.798. The molecule has 1 atom stereocenters. The number of rotatable bonds is 6. The predicted molar refractivity (Wildman–Crippen MR) is 67.9 cm³/mol. The first kappa shape index (κ1) is 14.4. The molecule has 1 aromatic rings. The molecule has 0 aliphatic heterocycles. The van der Waals surface area contributed by atoms with Crippen LogP contribution in [0.5, 0.6) is 5.75 Å². The van der Waals surface area contributed by atoms with Crippen LogP contribution < -0.4 is 15.8 Å². The summed E-state index contributed by atoms with van der Waals surface area (Å²) in [4.78, 5) is 11.7. The van der Waals surface area contributed by atoms with E-state index in [-0.39, 0.29) is 24.1 Å². The number of benzene rings is 1. The van der Waals surface area contributed by atoms with Gasteiger partial charge in [0.25, 0.3) is 0 Å². The molecule has 18 heavy (non-hydrogen) atoms. The number of hydrogen-bond acceptors (Lipinski definition) is 3. The van der Waals surface area contributed by atoms with Crippen molar-refractivity contribution in [3.05, 3.63) is 29.6 Å². The van der Waals surface area contributed by atoms with Gasteiger partial charge in [-0.05, 0) is 31.0 Å². The smallest absolute Gasteiger partial charge is 0.224 e. The maximum Gasteiger partial charge on any atom is 0.224 e. The van der Waals surface area contributed by atoms with E-state index in [2.05, 4.69) is 5.32 Å². The lowest BCUT2D eigenvalue weighted by atomic mass is 9.98. The van der Waals surface area contributed by atoms with Gasteiger partial charge >= 0.3 is 0 Å². The van der Waals surface area contributed by atoms with Gasteiger partial charge in [0.2, 0.25) is 5.91 Å². The monoisotopic (exact) mass is 254 g/mol. The van der Waals surface area contributed by atoms with Gasteiger partial charge in [-0.2, -0.15) is 0 Å². The molecule has 0 aliphatic rings. The molecule has 1 unspecified atom stereocenters. The summed E-state index contributed by atoms with van der Waals surface area (Å²) >= 11 is 0. The third kappa shape index (κ3) is 3.70. The van der Waals surface area contributed by atoms with Crippen molar-refractivity contribution in [3.8, 4) is 5.75 Å².